The van der Waals surface area contributed by atoms with E-state index in [0.717, 1.165) is 17.3 Å². The number of aromatic nitrogens is 2. The fourth-order valence-corrected chi connectivity index (χ4v) is 3.42. The number of nitrogens with zero attached hydrogens (tertiary/aromatic N) is 2. The Labute approximate surface area is 127 Å². The number of benzene rings is 1. The zero-order chi connectivity index (χ0) is 14.8. The number of hydrogen-bond donors (Lipinski definition) is 1. The van der Waals surface area contributed by atoms with Gasteiger partial charge < -0.3 is 9.88 Å². The van der Waals surface area contributed by atoms with Crippen molar-refractivity contribution in [1.82, 2.24) is 9.55 Å². The van der Waals surface area contributed by atoms with Crippen LogP contribution in [0.1, 0.15) is 55.0 Å². The van der Waals surface area contributed by atoms with E-state index in [1.54, 1.807) is 0 Å². The molecule has 3 heteroatoms. The summed E-state index contributed by atoms with van der Waals surface area (Å²) in [5, 5.41) is 3.52. The third kappa shape index (κ3) is 3.29. The molecule has 1 N–H and O–H groups in total. The van der Waals surface area contributed by atoms with Gasteiger partial charge in [0, 0.05) is 17.9 Å². The van der Waals surface area contributed by atoms with Crippen LogP contribution in [0.3, 0.4) is 0 Å². The highest BCUT2D eigenvalue weighted by Gasteiger charge is 2.19. The van der Waals surface area contributed by atoms with E-state index in [1.807, 2.05) is 0 Å². The third-order valence-electron chi connectivity index (χ3n) is 4.30. The molecule has 3 rings (SSSR count). The van der Waals surface area contributed by atoms with Crippen LogP contribution in [-0.2, 0) is 0 Å². The summed E-state index contributed by atoms with van der Waals surface area (Å²) >= 11 is 0. The molecule has 1 fully saturated rings. The Morgan fingerprint density at radius 1 is 1.00 bits per heavy atom. The normalized spacial score (nSPS) is 16.1. The van der Waals surface area contributed by atoms with Crippen molar-refractivity contribution in [2.24, 2.45) is 0 Å². The second-order valence-electron chi connectivity index (χ2n) is 6.41. The third-order valence-corrected chi connectivity index (χ3v) is 4.30. The molecule has 1 aliphatic carbocycles. The summed E-state index contributed by atoms with van der Waals surface area (Å²) in [6.07, 6.45) is 8.80. The van der Waals surface area contributed by atoms with Crippen LogP contribution in [0.15, 0.2) is 24.4 Å². The van der Waals surface area contributed by atoms with E-state index in [4.69, 9.17) is 4.98 Å². The van der Waals surface area contributed by atoms with Crippen molar-refractivity contribution in [3.05, 3.63) is 41.2 Å². The minimum Gasteiger partial charge on any atom is -0.326 e. The van der Waals surface area contributed by atoms with Gasteiger partial charge in [0.25, 0.3) is 0 Å². The Balaban J connectivity index is 1.87. The van der Waals surface area contributed by atoms with Crippen molar-refractivity contribution in [3.8, 4) is 0 Å². The SMILES string of the molecule is Cc1cc(C)cc(Nc2nc(C)cn2C2CCCCC2)c1. The lowest BCUT2D eigenvalue weighted by Gasteiger charge is -2.24. The second kappa shape index (κ2) is 5.92. The quantitative estimate of drug-likeness (QED) is 0.853. The van der Waals surface area contributed by atoms with Crippen molar-refractivity contribution in [2.75, 3.05) is 5.32 Å². The summed E-state index contributed by atoms with van der Waals surface area (Å²) in [4.78, 5) is 4.69. The molecule has 1 saturated carbocycles. The van der Waals surface area contributed by atoms with Gasteiger partial charge in [0.1, 0.15) is 0 Å². The van der Waals surface area contributed by atoms with Gasteiger partial charge in [0.2, 0.25) is 5.95 Å². The molecular weight excluding hydrogens is 258 g/mol. The molecule has 1 aromatic carbocycles. The first kappa shape index (κ1) is 14.2. The van der Waals surface area contributed by atoms with Crippen molar-refractivity contribution < 1.29 is 0 Å². The number of anilines is 2. The van der Waals surface area contributed by atoms with Crippen LogP contribution in [0.4, 0.5) is 11.6 Å². The van der Waals surface area contributed by atoms with Gasteiger partial charge in [-0.3, -0.25) is 0 Å². The average Bonchev–Trinajstić information content (AvgIpc) is 2.79. The summed E-state index contributed by atoms with van der Waals surface area (Å²) in [5.74, 6) is 0.990. The Bertz CT molecular complexity index is 601. The molecule has 21 heavy (non-hydrogen) atoms. The van der Waals surface area contributed by atoms with Crippen molar-refractivity contribution in [3.63, 3.8) is 0 Å². The van der Waals surface area contributed by atoms with Gasteiger partial charge in [-0.25, -0.2) is 4.98 Å². The largest absolute Gasteiger partial charge is 0.326 e. The van der Waals surface area contributed by atoms with Crippen LogP contribution >= 0.6 is 0 Å². The highest BCUT2D eigenvalue weighted by molar-refractivity contribution is 5.56. The minimum atomic E-state index is 0.605. The van der Waals surface area contributed by atoms with E-state index in [-0.39, 0.29) is 0 Å². The maximum Gasteiger partial charge on any atom is 0.207 e. The fraction of sp³-hybridized carbons (Fsp3) is 0.500. The van der Waals surface area contributed by atoms with E-state index >= 15 is 0 Å². The summed E-state index contributed by atoms with van der Waals surface area (Å²) in [6.45, 7) is 6.35. The molecule has 3 nitrogen and oxygen atoms in total. The summed E-state index contributed by atoms with van der Waals surface area (Å²) in [7, 11) is 0. The van der Waals surface area contributed by atoms with E-state index in [9.17, 15) is 0 Å². The Morgan fingerprint density at radius 3 is 2.33 bits per heavy atom. The molecule has 0 unspecified atom stereocenters. The average molecular weight is 283 g/mol. The highest BCUT2D eigenvalue weighted by atomic mass is 15.2. The number of nitrogens with one attached hydrogen (secondary N) is 1. The van der Waals surface area contributed by atoms with Gasteiger partial charge in [-0.05, 0) is 56.9 Å². The lowest BCUT2D eigenvalue weighted by Crippen LogP contribution is -2.14. The van der Waals surface area contributed by atoms with Gasteiger partial charge in [-0.15, -0.1) is 0 Å². The molecule has 0 amide bonds. The summed E-state index contributed by atoms with van der Waals surface area (Å²) in [6, 6.07) is 7.17. The van der Waals surface area contributed by atoms with Gasteiger partial charge in [0.15, 0.2) is 0 Å². The minimum absolute atomic E-state index is 0.605. The van der Waals surface area contributed by atoms with E-state index < -0.39 is 0 Å². The maximum atomic E-state index is 4.69. The Kier molecular flexibility index (Phi) is 4.00. The standard InChI is InChI=1S/C18H25N3/c1-13-9-14(2)11-16(10-13)20-18-19-15(3)12-21(18)17-7-5-4-6-8-17/h9-12,17H,4-8H2,1-3H3,(H,19,20). The monoisotopic (exact) mass is 283 g/mol. The number of rotatable bonds is 3. The summed E-state index contributed by atoms with van der Waals surface area (Å²) in [5.41, 5.74) is 4.79. The van der Waals surface area contributed by atoms with Gasteiger partial charge in [0.05, 0.1) is 5.69 Å². The second-order valence-corrected chi connectivity index (χ2v) is 6.41. The molecule has 0 radical (unpaired) electrons. The van der Waals surface area contributed by atoms with Crippen LogP contribution in [0.25, 0.3) is 0 Å². The molecule has 0 saturated heterocycles. The van der Waals surface area contributed by atoms with E-state index in [1.165, 1.54) is 43.2 Å². The van der Waals surface area contributed by atoms with Crippen LogP contribution in [0.2, 0.25) is 0 Å². The molecule has 1 aliphatic rings. The van der Waals surface area contributed by atoms with Crippen molar-refractivity contribution in [2.45, 2.75) is 58.9 Å². The number of aryl methyl sites for hydroxylation is 3. The molecule has 1 aromatic heterocycles. The highest BCUT2D eigenvalue weighted by Crippen LogP contribution is 2.31. The lowest BCUT2D eigenvalue weighted by molar-refractivity contribution is 0.356. The van der Waals surface area contributed by atoms with Gasteiger partial charge in [-0.1, -0.05) is 25.3 Å². The first-order valence-electron chi connectivity index (χ1n) is 8.02. The topological polar surface area (TPSA) is 29.9 Å². The predicted molar refractivity (Wildman–Crippen MR) is 88.3 cm³/mol. The molecule has 0 aliphatic heterocycles. The van der Waals surface area contributed by atoms with Crippen LogP contribution in [0, 0.1) is 20.8 Å². The number of hydrogen-bond acceptors (Lipinski definition) is 2. The van der Waals surface area contributed by atoms with Crippen LogP contribution < -0.4 is 5.32 Å². The number of imidazole rings is 1. The summed E-state index contributed by atoms with van der Waals surface area (Å²) < 4.78 is 2.35. The fourth-order valence-electron chi connectivity index (χ4n) is 3.42. The molecule has 112 valence electrons. The maximum absolute atomic E-state index is 4.69. The molecule has 2 aromatic rings. The smallest absolute Gasteiger partial charge is 0.207 e. The lowest BCUT2D eigenvalue weighted by atomic mass is 9.95. The van der Waals surface area contributed by atoms with Crippen LogP contribution in [0.5, 0.6) is 0 Å². The van der Waals surface area contributed by atoms with E-state index in [0.29, 0.717) is 6.04 Å². The molecular formula is C18H25N3. The predicted octanol–water partition coefficient (Wildman–Crippen LogP) is 5.06. The first-order valence-corrected chi connectivity index (χ1v) is 8.02. The van der Waals surface area contributed by atoms with Crippen molar-refractivity contribution in [1.29, 1.82) is 0 Å². The molecule has 1 heterocycles. The van der Waals surface area contributed by atoms with Gasteiger partial charge >= 0.3 is 0 Å². The van der Waals surface area contributed by atoms with Gasteiger partial charge in [-0.2, -0.15) is 0 Å². The van der Waals surface area contributed by atoms with Crippen LogP contribution in [-0.4, -0.2) is 9.55 Å². The Hall–Kier alpha value is -1.77. The molecule has 0 bridgehead atoms. The Morgan fingerprint density at radius 2 is 1.67 bits per heavy atom. The zero-order valence-electron chi connectivity index (χ0n) is 13.3. The zero-order valence-corrected chi connectivity index (χ0v) is 13.3. The van der Waals surface area contributed by atoms with Crippen molar-refractivity contribution >= 4 is 11.6 Å². The molecule has 0 spiro atoms. The first-order chi connectivity index (χ1) is 10.1. The molecule has 0 atom stereocenters. The van der Waals surface area contributed by atoms with E-state index in [2.05, 4.69) is 55.1 Å².